The van der Waals surface area contributed by atoms with E-state index < -0.39 is 0 Å². The number of hydrogen-bond donors (Lipinski definition) is 3. The normalized spacial score (nSPS) is 19.9. The van der Waals surface area contributed by atoms with E-state index in [1.807, 2.05) is 0 Å². The lowest BCUT2D eigenvalue weighted by Gasteiger charge is -2.26. The molecule has 0 aromatic rings. The highest BCUT2D eigenvalue weighted by atomic mass is 16.3. The topological polar surface area (TPSA) is 75.4 Å². The Hall–Kier alpha value is -0.610. The van der Waals surface area contributed by atoms with Gasteiger partial charge in [0, 0.05) is 19.5 Å². The molecule has 0 aliphatic heterocycles. The Morgan fingerprint density at radius 1 is 1.40 bits per heavy atom. The molecule has 1 atom stereocenters. The Bertz CT molecular complexity index is 191. The number of aliphatic hydroxyl groups excluding tert-OH is 1. The maximum Gasteiger partial charge on any atom is 0.221 e. The van der Waals surface area contributed by atoms with Gasteiger partial charge in [-0.1, -0.05) is 19.3 Å². The molecule has 0 spiro atoms. The SMILES string of the molecule is NCCC(=O)NCC(O)C1CCCCC1. The smallest absolute Gasteiger partial charge is 0.221 e. The van der Waals surface area contributed by atoms with Crippen molar-refractivity contribution in [2.45, 2.75) is 44.6 Å². The van der Waals surface area contributed by atoms with Crippen molar-refractivity contribution < 1.29 is 9.90 Å². The summed E-state index contributed by atoms with van der Waals surface area (Å²) in [4.78, 5) is 11.1. The number of nitrogens with one attached hydrogen (secondary N) is 1. The lowest BCUT2D eigenvalue weighted by molar-refractivity contribution is -0.121. The van der Waals surface area contributed by atoms with Crippen molar-refractivity contribution in [3.05, 3.63) is 0 Å². The van der Waals surface area contributed by atoms with Crippen molar-refractivity contribution in [2.75, 3.05) is 13.1 Å². The van der Waals surface area contributed by atoms with Crippen LogP contribution in [0.15, 0.2) is 0 Å². The van der Waals surface area contributed by atoms with E-state index in [2.05, 4.69) is 5.32 Å². The van der Waals surface area contributed by atoms with Gasteiger partial charge in [-0.05, 0) is 18.8 Å². The average Bonchev–Trinajstić information content (AvgIpc) is 2.27. The molecule has 4 nitrogen and oxygen atoms in total. The van der Waals surface area contributed by atoms with E-state index in [4.69, 9.17) is 5.73 Å². The fourth-order valence-corrected chi connectivity index (χ4v) is 2.12. The third kappa shape index (κ3) is 4.62. The quantitative estimate of drug-likeness (QED) is 0.620. The van der Waals surface area contributed by atoms with Crippen LogP contribution in [0.3, 0.4) is 0 Å². The summed E-state index contributed by atoms with van der Waals surface area (Å²) in [5.41, 5.74) is 5.26. The van der Waals surface area contributed by atoms with E-state index in [-0.39, 0.29) is 12.0 Å². The van der Waals surface area contributed by atoms with Gasteiger partial charge in [0.1, 0.15) is 0 Å². The second kappa shape index (κ2) is 6.80. The Labute approximate surface area is 91.2 Å². The van der Waals surface area contributed by atoms with Crippen LogP contribution < -0.4 is 11.1 Å². The van der Waals surface area contributed by atoms with E-state index in [0.717, 1.165) is 12.8 Å². The summed E-state index contributed by atoms with van der Waals surface area (Å²) in [7, 11) is 0. The summed E-state index contributed by atoms with van der Waals surface area (Å²) in [5.74, 6) is 0.310. The maximum atomic E-state index is 11.1. The van der Waals surface area contributed by atoms with Crippen LogP contribution in [0, 0.1) is 5.92 Å². The van der Waals surface area contributed by atoms with Gasteiger partial charge in [0.2, 0.25) is 5.91 Å². The number of carbonyl (C=O) groups excluding carboxylic acids is 1. The van der Waals surface area contributed by atoms with Crippen LogP contribution in [-0.2, 0) is 4.79 Å². The molecular weight excluding hydrogens is 192 g/mol. The Morgan fingerprint density at radius 3 is 2.67 bits per heavy atom. The van der Waals surface area contributed by atoms with E-state index in [1.165, 1.54) is 19.3 Å². The molecule has 0 bridgehead atoms. The number of hydrogen-bond acceptors (Lipinski definition) is 3. The summed E-state index contributed by atoms with van der Waals surface area (Å²) in [6, 6.07) is 0. The molecule has 0 saturated heterocycles. The van der Waals surface area contributed by atoms with Crippen molar-refractivity contribution in [3.63, 3.8) is 0 Å². The summed E-state index contributed by atoms with van der Waals surface area (Å²) in [5, 5.41) is 12.6. The van der Waals surface area contributed by atoms with Gasteiger partial charge >= 0.3 is 0 Å². The number of nitrogens with two attached hydrogens (primary N) is 1. The van der Waals surface area contributed by atoms with Gasteiger partial charge in [-0.15, -0.1) is 0 Å². The molecule has 1 aliphatic carbocycles. The predicted molar refractivity (Wildman–Crippen MR) is 59.3 cm³/mol. The van der Waals surface area contributed by atoms with Crippen molar-refractivity contribution >= 4 is 5.91 Å². The van der Waals surface area contributed by atoms with Gasteiger partial charge in [-0.25, -0.2) is 0 Å². The second-order valence-electron chi connectivity index (χ2n) is 4.31. The number of rotatable bonds is 5. The zero-order valence-electron chi connectivity index (χ0n) is 9.24. The molecule has 1 saturated carbocycles. The van der Waals surface area contributed by atoms with Gasteiger partial charge in [0.05, 0.1) is 6.10 Å². The number of aliphatic hydroxyl groups is 1. The average molecular weight is 214 g/mol. The summed E-state index contributed by atoms with van der Waals surface area (Å²) >= 11 is 0. The molecule has 0 heterocycles. The van der Waals surface area contributed by atoms with Crippen molar-refractivity contribution in [1.29, 1.82) is 0 Å². The molecule has 0 radical (unpaired) electrons. The first-order valence-corrected chi connectivity index (χ1v) is 5.89. The fourth-order valence-electron chi connectivity index (χ4n) is 2.12. The zero-order chi connectivity index (χ0) is 11.1. The number of amides is 1. The summed E-state index contributed by atoms with van der Waals surface area (Å²) < 4.78 is 0. The van der Waals surface area contributed by atoms with Crippen LogP contribution in [0.4, 0.5) is 0 Å². The first-order chi connectivity index (χ1) is 7.24. The lowest BCUT2D eigenvalue weighted by Crippen LogP contribution is -2.37. The van der Waals surface area contributed by atoms with Crippen molar-refractivity contribution in [1.82, 2.24) is 5.32 Å². The van der Waals surface area contributed by atoms with E-state index in [9.17, 15) is 9.90 Å². The molecule has 1 unspecified atom stereocenters. The minimum absolute atomic E-state index is 0.0626. The Kier molecular flexibility index (Phi) is 5.65. The third-order valence-electron chi connectivity index (χ3n) is 3.07. The molecule has 0 aromatic heterocycles. The van der Waals surface area contributed by atoms with Crippen molar-refractivity contribution in [2.24, 2.45) is 11.7 Å². The van der Waals surface area contributed by atoms with Gasteiger partial charge in [0.15, 0.2) is 0 Å². The Balaban J connectivity index is 2.16. The van der Waals surface area contributed by atoms with Crippen LogP contribution in [0.1, 0.15) is 38.5 Å². The highest BCUT2D eigenvalue weighted by Crippen LogP contribution is 2.26. The first kappa shape index (κ1) is 12.5. The maximum absolute atomic E-state index is 11.1. The second-order valence-corrected chi connectivity index (χ2v) is 4.31. The van der Waals surface area contributed by atoms with Gasteiger partial charge in [0.25, 0.3) is 0 Å². The summed E-state index contributed by atoms with van der Waals surface area (Å²) in [6.45, 7) is 0.745. The van der Waals surface area contributed by atoms with Crippen LogP contribution in [0.25, 0.3) is 0 Å². The molecular formula is C11H22N2O2. The molecule has 4 N–H and O–H groups in total. The molecule has 88 valence electrons. The van der Waals surface area contributed by atoms with Gasteiger partial charge < -0.3 is 16.2 Å². The number of carbonyl (C=O) groups is 1. The summed E-state index contributed by atoms with van der Waals surface area (Å²) in [6.07, 6.45) is 5.84. The Morgan fingerprint density at radius 2 is 2.07 bits per heavy atom. The highest BCUT2D eigenvalue weighted by molar-refractivity contribution is 5.76. The molecule has 15 heavy (non-hydrogen) atoms. The predicted octanol–water partition coefficient (Wildman–Crippen LogP) is 0.393. The molecule has 4 heteroatoms. The van der Waals surface area contributed by atoms with E-state index in [1.54, 1.807) is 0 Å². The lowest BCUT2D eigenvalue weighted by atomic mass is 9.85. The molecule has 1 aliphatic rings. The van der Waals surface area contributed by atoms with E-state index in [0.29, 0.717) is 25.4 Å². The molecule has 1 fully saturated rings. The van der Waals surface area contributed by atoms with Crippen LogP contribution in [-0.4, -0.2) is 30.2 Å². The van der Waals surface area contributed by atoms with Crippen LogP contribution >= 0.6 is 0 Å². The minimum atomic E-state index is -0.382. The standard InChI is InChI=1S/C11H22N2O2/c12-7-6-11(15)13-8-10(14)9-4-2-1-3-5-9/h9-10,14H,1-8,12H2,(H,13,15). The first-order valence-electron chi connectivity index (χ1n) is 5.89. The van der Waals surface area contributed by atoms with Crippen molar-refractivity contribution in [3.8, 4) is 0 Å². The minimum Gasteiger partial charge on any atom is -0.391 e. The van der Waals surface area contributed by atoms with Crippen LogP contribution in [0.2, 0.25) is 0 Å². The van der Waals surface area contributed by atoms with Gasteiger partial charge in [-0.2, -0.15) is 0 Å². The molecule has 0 aromatic carbocycles. The molecule has 1 rings (SSSR count). The molecule has 1 amide bonds. The van der Waals surface area contributed by atoms with Gasteiger partial charge in [-0.3, -0.25) is 4.79 Å². The highest BCUT2D eigenvalue weighted by Gasteiger charge is 2.21. The third-order valence-corrected chi connectivity index (χ3v) is 3.07. The monoisotopic (exact) mass is 214 g/mol. The zero-order valence-corrected chi connectivity index (χ0v) is 9.24. The van der Waals surface area contributed by atoms with Crippen LogP contribution in [0.5, 0.6) is 0 Å². The van der Waals surface area contributed by atoms with E-state index >= 15 is 0 Å². The fraction of sp³-hybridized carbons (Fsp3) is 0.909. The largest absolute Gasteiger partial charge is 0.391 e.